The van der Waals surface area contributed by atoms with Gasteiger partial charge in [0.25, 0.3) is 5.91 Å². The van der Waals surface area contributed by atoms with Crippen LogP contribution in [-0.2, 0) is 4.79 Å². The highest BCUT2D eigenvalue weighted by Gasteiger charge is 2.05. The Morgan fingerprint density at radius 1 is 1.10 bits per heavy atom. The van der Waals surface area contributed by atoms with Crippen LogP contribution in [0.3, 0.4) is 0 Å². The lowest BCUT2D eigenvalue weighted by molar-refractivity contribution is -0.118. The molecular weight excluding hydrogens is 266 g/mol. The second kappa shape index (κ2) is 6.70. The third-order valence-electron chi connectivity index (χ3n) is 2.93. The monoisotopic (exact) mass is 283 g/mol. The minimum atomic E-state index is -0.243. The van der Waals surface area contributed by atoms with Crippen molar-refractivity contribution in [3.63, 3.8) is 0 Å². The fraction of sp³-hybridized carbons (Fsp3) is 0.176. The van der Waals surface area contributed by atoms with Crippen molar-refractivity contribution in [2.24, 2.45) is 0 Å². The van der Waals surface area contributed by atoms with E-state index < -0.39 is 0 Å². The van der Waals surface area contributed by atoms with Crippen molar-refractivity contribution in [3.8, 4) is 5.75 Å². The summed E-state index contributed by atoms with van der Waals surface area (Å²) in [5, 5.41) is 2.72. The number of ketones is 1. The highest BCUT2D eigenvalue weighted by Crippen LogP contribution is 2.13. The van der Waals surface area contributed by atoms with E-state index in [2.05, 4.69) is 5.32 Å². The number of benzene rings is 2. The van der Waals surface area contributed by atoms with Crippen LogP contribution in [0.25, 0.3) is 0 Å². The fourth-order valence-corrected chi connectivity index (χ4v) is 1.84. The quantitative estimate of drug-likeness (QED) is 0.857. The van der Waals surface area contributed by atoms with Gasteiger partial charge in [-0.2, -0.15) is 0 Å². The minimum absolute atomic E-state index is 0.00402. The first-order valence-corrected chi connectivity index (χ1v) is 6.65. The number of rotatable bonds is 5. The van der Waals surface area contributed by atoms with Crippen molar-refractivity contribution in [2.45, 2.75) is 13.8 Å². The molecule has 0 aliphatic carbocycles. The van der Waals surface area contributed by atoms with E-state index in [-0.39, 0.29) is 18.3 Å². The van der Waals surface area contributed by atoms with E-state index in [4.69, 9.17) is 4.74 Å². The molecule has 0 aromatic heterocycles. The molecule has 4 heteroatoms. The van der Waals surface area contributed by atoms with Crippen LogP contribution in [0.2, 0.25) is 0 Å². The van der Waals surface area contributed by atoms with Crippen LogP contribution in [0.1, 0.15) is 22.8 Å². The van der Waals surface area contributed by atoms with Crippen LogP contribution >= 0.6 is 0 Å². The van der Waals surface area contributed by atoms with Crippen LogP contribution in [0.15, 0.2) is 48.5 Å². The maximum atomic E-state index is 11.8. The number of carbonyl (C=O) groups excluding carboxylic acids is 2. The van der Waals surface area contributed by atoms with Gasteiger partial charge in [0.05, 0.1) is 0 Å². The molecule has 0 fully saturated rings. The SMILES string of the molecule is CC(=O)c1ccc(NC(=O)COc2cccc(C)c2)cc1. The third-order valence-corrected chi connectivity index (χ3v) is 2.93. The Morgan fingerprint density at radius 2 is 1.81 bits per heavy atom. The molecule has 0 heterocycles. The third kappa shape index (κ3) is 4.45. The molecule has 0 bridgehead atoms. The molecule has 0 saturated heterocycles. The number of amides is 1. The van der Waals surface area contributed by atoms with Gasteiger partial charge in [0.2, 0.25) is 0 Å². The smallest absolute Gasteiger partial charge is 0.262 e. The molecule has 1 amide bonds. The Balaban J connectivity index is 1.88. The molecular formula is C17H17NO3. The predicted octanol–water partition coefficient (Wildman–Crippen LogP) is 3.22. The van der Waals surface area contributed by atoms with E-state index in [0.29, 0.717) is 17.0 Å². The molecule has 108 valence electrons. The Hall–Kier alpha value is -2.62. The van der Waals surface area contributed by atoms with Crippen molar-refractivity contribution in [1.82, 2.24) is 0 Å². The molecule has 0 aliphatic heterocycles. The maximum absolute atomic E-state index is 11.8. The summed E-state index contributed by atoms with van der Waals surface area (Å²) in [5.74, 6) is 0.416. The van der Waals surface area contributed by atoms with E-state index in [1.54, 1.807) is 24.3 Å². The van der Waals surface area contributed by atoms with Crippen LogP contribution < -0.4 is 10.1 Å². The molecule has 4 nitrogen and oxygen atoms in total. The highest BCUT2D eigenvalue weighted by molar-refractivity contribution is 5.95. The molecule has 21 heavy (non-hydrogen) atoms. The summed E-state index contributed by atoms with van der Waals surface area (Å²) in [6.07, 6.45) is 0. The Labute approximate surface area is 123 Å². The molecule has 2 rings (SSSR count). The van der Waals surface area contributed by atoms with Crippen molar-refractivity contribution >= 4 is 17.4 Å². The van der Waals surface area contributed by atoms with Gasteiger partial charge in [-0.1, -0.05) is 12.1 Å². The summed E-state index contributed by atoms with van der Waals surface area (Å²) >= 11 is 0. The van der Waals surface area contributed by atoms with E-state index in [9.17, 15) is 9.59 Å². The zero-order valence-corrected chi connectivity index (χ0v) is 12.1. The second-order valence-electron chi connectivity index (χ2n) is 4.79. The van der Waals surface area contributed by atoms with Gasteiger partial charge in [-0.05, 0) is 55.8 Å². The van der Waals surface area contributed by atoms with Gasteiger partial charge in [-0.15, -0.1) is 0 Å². The summed E-state index contributed by atoms with van der Waals surface area (Å²) in [6.45, 7) is 3.41. The Bertz CT molecular complexity index is 647. The van der Waals surface area contributed by atoms with Gasteiger partial charge in [-0.25, -0.2) is 0 Å². The van der Waals surface area contributed by atoms with Gasteiger partial charge in [0, 0.05) is 11.3 Å². The van der Waals surface area contributed by atoms with E-state index in [1.807, 2.05) is 31.2 Å². The first-order chi connectivity index (χ1) is 10.0. The standard InChI is InChI=1S/C17H17NO3/c1-12-4-3-5-16(10-12)21-11-17(20)18-15-8-6-14(7-9-15)13(2)19/h3-10H,11H2,1-2H3,(H,18,20). The van der Waals surface area contributed by atoms with Gasteiger partial charge in [0.1, 0.15) is 5.75 Å². The number of nitrogens with one attached hydrogen (secondary N) is 1. The molecule has 0 radical (unpaired) electrons. The molecule has 0 aliphatic rings. The molecule has 0 unspecified atom stereocenters. The molecule has 2 aromatic carbocycles. The van der Waals surface area contributed by atoms with Crippen LogP contribution in [-0.4, -0.2) is 18.3 Å². The summed E-state index contributed by atoms with van der Waals surface area (Å²) in [4.78, 5) is 22.9. The largest absolute Gasteiger partial charge is 0.484 e. The fourth-order valence-electron chi connectivity index (χ4n) is 1.84. The first-order valence-electron chi connectivity index (χ1n) is 6.65. The lowest BCUT2D eigenvalue weighted by Crippen LogP contribution is -2.20. The summed E-state index contributed by atoms with van der Waals surface area (Å²) in [5.41, 5.74) is 2.33. The van der Waals surface area contributed by atoms with Gasteiger partial charge < -0.3 is 10.1 Å². The summed E-state index contributed by atoms with van der Waals surface area (Å²) in [6, 6.07) is 14.3. The Kier molecular flexibility index (Phi) is 4.72. The number of aryl methyl sites for hydroxylation is 1. The molecule has 2 aromatic rings. The van der Waals surface area contributed by atoms with Gasteiger partial charge >= 0.3 is 0 Å². The summed E-state index contributed by atoms with van der Waals surface area (Å²) in [7, 11) is 0. The van der Waals surface area contributed by atoms with E-state index in [0.717, 1.165) is 5.56 Å². The average molecular weight is 283 g/mol. The molecule has 0 atom stereocenters. The average Bonchev–Trinajstić information content (AvgIpc) is 2.46. The van der Waals surface area contributed by atoms with Crippen molar-refractivity contribution in [2.75, 3.05) is 11.9 Å². The number of hydrogen-bond donors (Lipinski definition) is 1. The highest BCUT2D eigenvalue weighted by atomic mass is 16.5. The zero-order valence-electron chi connectivity index (χ0n) is 12.1. The number of carbonyl (C=O) groups is 2. The van der Waals surface area contributed by atoms with Crippen molar-refractivity contribution in [3.05, 3.63) is 59.7 Å². The lowest BCUT2D eigenvalue weighted by atomic mass is 10.1. The normalized spacial score (nSPS) is 10.0. The molecule has 1 N–H and O–H groups in total. The Morgan fingerprint density at radius 3 is 2.43 bits per heavy atom. The minimum Gasteiger partial charge on any atom is -0.484 e. The zero-order chi connectivity index (χ0) is 15.2. The maximum Gasteiger partial charge on any atom is 0.262 e. The molecule has 0 saturated carbocycles. The topological polar surface area (TPSA) is 55.4 Å². The van der Waals surface area contributed by atoms with E-state index in [1.165, 1.54) is 6.92 Å². The van der Waals surface area contributed by atoms with Crippen LogP contribution in [0.4, 0.5) is 5.69 Å². The van der Waals surface area contributed by atoms with E-state index >= 15 is 0 Å². The van der Waals surface area contributed by atoms with Crippen LogP contribution in [0, 0.1) is 6.92 Å². The second-order valence-corrected chi connectivity index (χ2v) is 4.79. The van der Waals surface area contributed by atoms with Crippen molar-refractivity contribution < 1.29 is 14.3 Å². The van der Waals surface area contributed by atoms with Gasteiger partial charge in [-0.3, -0.25) is 9.59 Å². The predicted molar refractivity (Wildman–Crippen MR) is 81.8 cm³/mol. The first kappa shape index (κ1) is 14.8. The summed E-state index contributed by atoms with van der Waals surface area (Å²) < 4.78 is 5.42. The number of hydrogen-bond acceptors (Lipinski definition) is 3. The number of Topliss-reactive ketones (excluding diaryl/α,β-unsaturated/α-hetero) is 1. The number of ether oxygens (including phenoxy) is 1. The lowest BCUT2D eigenvalue weighted by Gasteiger charge is -2.08. The van der Waals surface area contributed by atoms with Crippen LogP contribution in [0.5, 0.6) is 5.75 Å². The van der Waals surface area contributed by atoms with Crippen molar-refractivity contribution in [1.29, 1.82) is 0 Å². The van der Waals surface area contributed by atoms with Gasteiger partial charge in [0.15, 0.2) is 12.4 Å². The number of anilines is 1. The molecule has 0 spiro atoms.